The Morgan fingerprint density at radius 2 is 0.839 bits per heavy atom. The molecular formula is C50H97NO5. The third kappa shape index (κ3) is 42.2. The summed E-state index contributed by atoms with van der Waals surface area (Å²) in [4.78, 5) is 24.4. The number of unbranched alkanes of at least 4 members (excludes halogenated alkanes) is 33. The predicted octanol–water partition coefficient (Wildman–Crippen LogP) is 14.6. The van der Waals surface area contributed by atoms with Crippen LogP contribution in [0.1, 0.15) is 271 Å². The lowest BCUT2D eigenvalue weighted by atomic mass is 10.0. The van der Waals surface area contributed by atoms with Crippen LogP contribution in [0, 0.1) is 0 Å². The number of hydrogen-bond donors (Lipinski definition) is 3. The quantitative estimate of drug-likeness (QED) is 0.0324. The van der Waals surface area contributed by atoms with Crippen molar-refractivity contribution in [2.24, 2.45) is 0 Å². The molecule has 0 spiro atoms. The Bertz CT molecular complexity index is 832. The minimum absolute atomic E-state index is 0.0346. The highest BCUT2D eigenvalue weighted by Gasteiger charge is 2.20. The van der Waals surface area contributed by atoms with Gasteiger partial charge in [0.15, 0.2) is 0 Å². The maximum absolute atomic E-state index is 12.4. The van der Waals surface area contributed by atoms with E-state index in [1.54, 1.807) is 0 Å². The highest BCUT2D eigenvalue weighted by Crippen LogP contribution is 2.16. The second kappa shape index (κ2) is 46.3. The summed E-state index contributed by atoms with van der Waals surface area (Å²) >= 11 is 0. The van der Waals surface area contributed by atoms with Gasteiger partial charge in [-0.1, -0.05) is 219 Å². The zero-order valence-electron chi connectivity index (χ0n) is 37.6. The lowest BCUT2D eigenvalue weighted by molar-refractivity contribution is -0.143. The fourth-order valence-corrected chi connectivity index (χ4v) is 7.69. The van der Waals surface area contributed by atoms with Gasteiger partial charge in [-0.05, 0) is 51.4 Å². The summed E-state index contributed by atoms with van der Waals surface area (Å²) in [7, 11) is 0. The molecule has 0 saturated heterocycles. The Hall–Kier alpha value is -1.40. The number of carbonyl (C=O) groups excluding carboxylic acids is 2. The predicted molar refractivity (Wildman–Crippen MR) is 241 cm³/mol. The average Bonchev–Trinajstić information content (AvgIpc) is 3.20. The molecule has 2 atom stereocenters. The van der Waals surface area contributed by atoms with E-state index in [0.717, 1.165) is 57.8 Å². The Morgan fingerprint density at radius 1 is 0.482 bits per heavy atom. The Kier molecular flexibility index (Phi) is 45.1. The fourth-order valence-electron chi connectivity index (χ4n) is 7.69. The number of esters is 1. The van der Waals surface area contributed by atoms with Crippen molar-refractivity contribution >= 4 is 11.9 Å². The van der Waals surface area contributed by atoms with E-state index in [9.17, 15) is 19.8 Å². The number of aliphatic hydroxyl groups is 2. The smallest absolute Gasteiger partial charge is 0.305 e. The lowest BCUT2D eigenvalue weighted by Crippen LogP contribution is -2.45. The summed E-state index contributed by atoms with van der Waals surface area (Å²) in [6, 6.07) is -0.561. The van der Waals surface area contributed by atoms with Crippen LogP contribution in [-0.2, 0) is 14.3 Å². The maximum Gasteiger partial charge on any atom is 0.305 e. The van der Waals surface area contributed by atoms with Gasteiger partial charge in [0.25, 0.3) is 0 Å². The van der Waals surface area contributed by atoms with Crippen molar-refractivity contribution in [1.82, 2.24) is 5.32 Å². The first-order valence-corrected chi connectivity index (χ1v) is 24.9. The fraction of sp³-hybridized carbons (Fsp3) is 0.920. The van der Waals surface area contributed by atoms with Gasteiger partial charge in [-0.25, -0.2) is 0 Å². The number of aliphatic hydroxyl groups excluding tert-OH is 2. The van der Waals surface area contributed by atoms with Crippen LogP contribution in [-0.4, -0.2) is 47.4 Å². The van der Waals surface area contributed by atoms with Gasteiger partial charge in [0.05, 0.1) is 25.4 Å². The Balaban J connectivity index is 3.50. The largest absolute Gasteiger partial charge is 0.466 e. The molecule has 1 amide bonds. The molecule has 0 heterocycles. The molecule has 332 valence electrons. The van der Waals surface area contributed by atoms with E-state index in [0.29, 0.717) is 25.9 Å². The zero-order valence-corrected chi connectivity index (χ0v) is 37.6. The normalized spacial score (nSPS) is 12.7. The molecule has 2 unspecified atom stereocenters. The van der Waals surface area contributed by atoms with Gasteiger partial charge in [0, 0.05) is 12.8 Å². The van der Waals surface area contributed by atoms with Gasteiger partial charge in [-0.15, -0.1) is 0 Å². The molecule has 0 fully saturated rings. The molecule has 0 aromatic rings. The number of rotatable bonds is 46. The van der Waals surface area contributed by atoms with E-state index in [1.807, 2.05) is 0 Å². The highest BCUT2D eigenvalue weighted by atomic mass is 16.5. The molecule has 0 aromatic carbocycles. The van der Waals surface area contributed by atoms with E-state index in [4.69, 9.17) is 4.74 Å². The van der Waals surface area contributed by atoms with Gasteiger partial charge in [0.1, 0.15) is 0 Å². The van der Waals surface area contributed by atoms with Crippen molar-refractivity contribution in [2.75, 3.05) is 13.2 Å². The van der Waals surface area contributed by atoms with Crippen molar-refractivity contribution in [3.63, 3.8) is 0 Å². The van der Waals surface area contributed by atoms with E-state index >= 15 is 0 Å². The molecule has 0 aromatic heterocycles. The van der Waals surface area contributed by atoms with Gasteiger partial charge < -0.3 is 20.3 Å². The third-order valence-corrected chi connectivity index (χ3v) is 11.6. The van der Waals surface area contributed by atoms with Crippen molar-refractivity contribution < 1.29 is 24.5 Å². The van der Waals surface area contributed by atoms with E-state index < -0.39 is 12.1 Å². The second-order valence-electron chi connectivity index (χ2n) is 17.1. The van der Waals surface area contributed by atoms with Crippen LogP contribution in [0.2, 0.25) is 0 Å². The topological polar surface area (TPSA) is 95.9 Å². The maximum atomic E-state index is 12.4. The molecule has 6 heteroatoms. The number of hydrogen-bond acceptors (Lipinski definition) is 5. The molecule has 0 aliphatic rings. The van der Waals surface area contributed by atoms with Gasteiger partial charge in [0.2, 0.25) is 5.91 Å². The van der Waals surface area contributed by atoms with Crippen LogP contribution in [0.15, 0.2) is 12.2 Å². The summed E-state index contributed by atoms with van der Waals surface area (Å²) in [5.41, 5.74) is 0. The van der Waals surface area contributed by atoms with Crippen LogP contribution in [0.3, 0.4) is 0 Å². The summed E-state index contributed by atoms with van der Waals surface area (Å²) in [5, 5.41) is 23.2. The molecule has 0 aliphatic heterocycles. The monoisotopic (exact) mass is 792 g/mol. The van der Waals surface area contributed by atoms with E-state index in [1.165, 1.54) is 180 Å². The van der Waals surface area contributed by atoms with Gasteiger partial charge in [-0.2, -0.15) is 0 Å². The van der Waals surface area contributed by atoms with Crippen molar-refractivity contribution in [3.8, 4) is 0 Å². The van der Waals surface area contributed by atoms with Crippen molar-refractivity contribution in [3.05, 3.63) is 12.2 Å². The van der Waals surface area contributed by atoms with Crippen LogP contribution < -0.4 is 5.32 Å². The van der Waals surface area contributed by atoms with Crippen LogP contribution in [0.4, 0.5) is 0 Å². The zero-order chi connectivity index (χ0) is 40.8. The number of allylic oxidation sites excluding steroid dienone is 2. The second-order valence-corrected chi connectivity index (χ2v) is 17.1. The first-order valence-electron chi connectivity index (χ1n) is 24.9. The minimum atomic E-state index is -0.681. The number of ether oxygens (including phenoxy) is 1. The minimum Gasteiger partial charge on any atom is -0.466 e. The molecule has 0 saturated carbocycles. The first-order chi connectivity index (χ1) is 27.5. The number of carbonyl (C=O) groups is 2. The van der Waals surface area contributed by atoms with E-state index in [2.05, 4.69) is 31.3 Å². The Morgan fingerprint density at radius 3 is 1.30 bits per heavy atom. The molecule has 3 N–H and O–H groups in total. The van der Waals surface area contributed by atoms with Crippen LogP contribution in [0.25, 0.3) is 0 Å². The first kappa shape index (κ1) is 54.6. The molecule has 6 nitrogen and oxygen atoms in total. The van der Waals surface area contributed by atoms with Crippen molar-refractivity contribution in [2.45, 2.75) is 283 Å². The van der Waals surface area contributed by atoms with Crippen molar-refractivity contribution in [1.29, 1.82) is 0 Å². The standard InChI is InChI=1S/C50H97NO5/c1-3-5-7-9-11-13-15-17-18-19-20-21-22-23-26-30-34-38-42-48(53)47(46-52)51-49(54)43-39-35-31-27-25-29-33-37-41-45-56-50(55)44-40-36-32-28-24-16-14-12-10-8-6-4-2/h12,14,47-48,52-53H,3-11,13,15-46H2,1-2H3,(H,51,54)/b14-12-. The number of amides is 1. The van der Waals surface area contributed by atoms with Crippen LogP contribution >= 0.6 is 0 Å². The van der Waals surface area contributed by atoms with Crippen LogP contribution in [0.5, 0.6) is 0 Å². The average molecular weight is 792 g/mol. The summed E-state index contributed by atoms with van der Waals surface area (Å²) < 4.78 is 5.43. The number of nitrogens with one attached hydrogen (secondary N) is 1. The van der Waals surface area contributed by atoms with E-state index in [-0.39, 0.29) is 18.5 Å². The Labute approximate surface area is 349 Å². The lowest BCUT2D eigenvalue weighted by Gasteiger charge is -2.22. The molecule has 0 bridgehead atoms. The molecular weight excluding hydrogens is 695 g/mol. The summed E-state index contributed by atoms with van der Waals surface area (Å²) in [6.45, 7) is 4.87. The molecule has 0 radical (unpaired) electrons. The molecule has 56 heavy (non-hydrogen) atoms. The summed E-state index contributed by atoms with van der Waals surface area (Å²) in [5.74, 6) is -0.0961. The van der Waals surface area contributed by atoms with Gasteiger partial charge in [-0.3, -0.25) is 9.59 Å². The van der Waals surface area contributed by atoms with Gasteiger partial charge >= 0.3 is 5.97 Å². The summed E-state index contributed by atoms with van der Waals surface area (Å²) in [6.07, 6.45) is 51.7. The molecule has 0 rings (SSSR count). The third-order valence-electron chi connectivity index (χ3n) is 11.6. The SMILES string of the molecule is CCCCC/C=C\CCCCCCCC(=O)OCCCCCCCCCCCC(=O)NC(CO)C(O)CCCCCCCCCCCCCCCCCCCC. The highest BCUT2D eigenvalue weighted by molar-refractivity contribution is 5.76. The molecule has 0 aliphatic carbocycles.